The number of hydrogen-bond donors (Lipinski definition) is 2. The topological polar surface area (TPSA) is 98.3 Å². The number of hydrogen-bond acceptors (Lipinski definition) is 6. The van der Waals surface area contributed by atoms with Crippen LogP contribution in [-0.4, -0.2) is 59.2 Å². The highest BCUT2D eigenvalue weighted by Crippen LogP contribution is 2.00. The third-order valence-electron chi connectivity index (χ3n) is 2.78. The third kappa shape index (κ3) is 5.64. The van der Waals surface area contributed by atoms with Gasteiger partial charge >= 0.3 is 0 Å². The van der Waals surface area contributed by atoms with Gasteiger partial charge in [0, 0.05) is 26.7 Å². The van der Waals surface area contributed by atoms with Crippen molar-refractivity contribution in [3.05, 3.63) is 11.9 Å². The number of methoxy groups -OCH3 is 1. The van der Waals surface area contributed by atoms with Gasteiger partial charge in [-0.1, -0.05) is 19.1 Å². The Morgan fingerprint density at radius 3 is 2.90 bits per heavy atom. The molecule has 0 saturated carbocycles. The minimum atomic E-state index is -0.435. The number of nitrogen functional groups attached to an aromatic ring is 1. The Bertz CT molecular complexity index is 406. The highest BCUT2D eigenvalue weighted by atomic mass is 16.5. The fourth-order valence-electron chi connectivity index (χ4n) is 1.86. The predicted molar refractivity (Wildman–Crippen MR) is 74.8 cm³/mol. The molecule has 0 radical (unpaired) electrons. The molecule has 0 aliphatic heterocycles. The molecule has 0 atom stereocenters. The molecule has 1 heterocycles. The zero-order chi connectivity index (χ0) is 15.0. The van der Waals surface area contributed by atoms with Gasteiger partial charge in [0.15, 0.2) is 5.69 Å². The van der Waals surface area contributed by atoms with Crippen LogP contribution in [-0.2, 0) is 11.3 Å². The summed E-state index contributed by atoms with van der Waals surface area (Å²) in [4.78, 5) is 13.6. The van der Waals surface area contributed by atoms with Crippen LogP contribution >= 0.6 is 0 Å². The number of nitrogens with one attached hydrogen (secondary N) is 1. The molecule has 8 heteroatoms. The maximum atomic E-state index is 11.3. The van der Waals surface area contributed by atoms with Gasteiger partial charge in [-0.05, 0) is 5.92 Å². The minimum absolute atomic E-state index is 0.222. The highest BCUT2D eigenvalue weighted by Gasteiger charge is 2.11. The highest BCUT2D eigenvalue weighted by molar-refractivity contribution is 5.91. The number of aromatic nitrogens is 3. The van der Waals surface area contributed by atoms with Crippen molar-refractivity contribution in [1.29, 1.82) is 0 Å². The van der Waals surface area contributed by atoms with Crippen LogP contribution in [0.1, 0.15) is 24.3 Å². The third-order valence-corrected chi connectivity index (χ3v) is 2.78. The molecule has 0 aliphatic rings. The van der Waals surface area contributed by atoms with Crippen LogP contribution in [0.3, 0.4) is 0 Å². The van der Waals surface area contributed by atoms with E-state index >= 15 is 0 Å². The smallest absolute Gasteiger partial charge is 0.287 e. The molecule has 8 nitrogen and oxygen atoms in total. The standard InChI is InChI=1S/C12H24N6O2/c1-10(2)8-17(6-7-20-3)4-5-18-9-11(15-16-18)12(19)14-13/h9-10H,4-8,13H2,1-3H3,(H,14,19). The molecule has 3 N–H and O–H groups in total. The normalized spacial score (nSPS) is 11.3. The Kier molecular flexibility index (Phi) is 7.13. The van der Waals surface area contributed by atoms with Gasteiger partial charge < -0.3 is 4.74 Å². The van der Waals surface area contributed by atoms with Crippen LogP contribution in [0.5, 0.6) is 0 Å². The molecule has 0 fully saturated rings. The Labute approximate surface area is 119 Å². The number of amides is 1. The fraction of sp³-hybridized carbons (Fsp3) is 0.750. The lowest BCUT2D eigenvalue weighted by molar-refractivity contribution is 0.0948. The van der Waals surface area contributed by atoms with Gasteiger partial charge in [0.2, 0.25) is 0 Å². The summed E-state index contributed by atoms with van der Waals surface area (Å²) < 4.78 is 6.76. The van der Waals surface area contributed by atoms with Crippen molar-refractivity contribution in [3.8, 4) is 0 Å². The second kappa shape index (κ2) is 8.62. The molecular weight excluding hydrogens is 260 g/mol. The Hall–Kier alpha value is -1.51. The summed E-state index contributed by atoms with van der Waals surface area (Å²) in [5.41, 5.74) is 2.25. The predicted octanol–water partition coefficient (Wildman–Crippen LogP) is -0.514. The van der Waals surface area contributed by atoms with Gasteiger partial charge in [-0.2, -0.15) is 0 Å². The van der Waals surface area contributed by atoms with Crippen molar-refractivity contribution in [2.45, 2.75) is 20.4 Å². The van der Waals surface area contributed by atoms with E-state index in [2.05, 4.69) is 29.1 Å². The van der Waals surface area contributed by atoms with E-state index < -0.39 is 5.91 Å². The van der Waals surface area contributed by atoms with Crippen molar-refractivity contribution < 1.29 is 9.53 Å². The number of nitrogens with zero attached hydrogens (tertiary/aromatic N) is 4. The molecule has 1 aromatic heterocycles. The van der Waals surface area contributed by atoms with Crippen molar-refractivity contribution >= 4 is 5.91 Å². The molecule has 1 rings (SSSR count). The Balaban J connectivity index is 2.49. The molecule has 114 valence electrons. The van der Waals surface area contributed by atoms with Crippen LogP contribution in [0.25, 0.3) is 0 Å². The number of nitrogens with two attached hydrogens (primary N) is 1. The summed E-state index contributed by atoms with van der Waals surface area (Å²) in [5, 5.41) is 7.67. The average molecular weight is 284 g/mol. The van der Waals surface area contributed by atoms with Gasteiger partial charge in [-0.3, -0.25) is 19.8 Å². The maximum absolute atomic E-state index is 11.3. The number of ether oxygens (including phenoxy) is 1. The van der Waals surface area contributed by atoms with Crippen LogP contribution in [0.2, 0.25) is 0 Å². The lowest BCUT2D eigenvalue weighted by Gasteiger charge is -2.23. The van der Waals surface area contributed by atoms with Crippen molar-refractivity contribution in [2.75, 3.05) is 33.4 Å². The number of carbonyl (C=O) groups excluding carboxylic acids is 1. The summed E-state index contributed by atoms with van der Waals surface area (Å²) in [6, 6.07) is 0. The molecule has 0 aliphatic carbocycles. The van der Waals surface area contributed by atoms with Crippen LogP contribution < -0.4 is 11.3 Å². The van der Waals surface area contributed by atoms with Gasteiger partial charge in [-0.15, -0.1) is 5.10 Å². The summed E-state index contributed by atoms with van der Waals surface area (Å²) in [6.07, 6.45) is 1.59. The van der Waals surface area contributed by atoms with E-state index in [1.54, 1.807) is 18.0 Å². The first-order valence-electron chi connectivity index (χ1n) is 6.69. The molecule has 0 spiro atoms. The van der Waals surface area contributed by atoms with E-state index in [-0.39, 0.29) is 5.69 Å². The van der Waals surface area contributed by atoms with Crippen molar-refractivity contribution in [1.82, 2.24) is 25.3 Å². The van der Waals surface area contributed by atoms with Crippen LogP contribution in [0.4, 0.5) is 0 Å². The summed E-state index contributed by atoms with van der Waals surface area (Å²) in [7, 11) is 1.70. The van der Waals surface area contributed by atoms with E-state index in [4.69, 9.17) is 10.6 Å². The van der Waals surface area contributed by atoms with Crippen molar-refractivity contribution in [2.24, 2.45) is 11.8 Å². The number of carbonyl (C=O) groups is 1. The second-order valence-electron chi connectivity index (χ2n) is 5.03. The molecule has 0 bridgehead atoms. The monoisotopic (exact) mass is 284 g/mol. The summed E-state index contributed by atoms with van der Waals surface area (Å²) in [5.74, 6) is 5.20. The number of rotatable bonds is 9. The zero-order valence-corrected chi connectivity index (χ0v) is 12.4. The molecule has 0 unspecified atom stereocenters. The van der Waals surface area contributed by atoms with Gasteiger partial charge in [0.05, 0.1) is 19.3 Å². The Morgan fingerprint density at radius 2 is 2.30 bits per heavy atom. The molecule has 0 saturated heterocycles. The first-order valence-corrected chi connectivity index (χ1v) is 6.69. The van der Waals surface area contributed by atoms with E-state index in [9.17, 15) is 4.79 Å². The van der Waals surface area contributed by atoms with E-state index in [1.807, 2.05) is 5.43 Å². The largest absolute Gasteiger partial charge is 0.383 e. The minimum Gasteiger partial charge on any atom is -0.383 e. The van der Waals surface area contributed by atoms with E-state index in [0.29, 0.717) is 19.1 Å². The van der Waals surface area contributed by atoms with Gasteiger partial charge in [-0.25, -0.2) is 5.84 Å². The lowest BCUT2D eigenvalue weighted by atomic mass is 10.2. The zero-order valence-electron chi connectivity index (χ0n) is 12.4. The van der Waals surface area contributed by atoms with Crippen LogP contribution in [0.15, 0.2) is 6.20 Å². The summed E-state index contributed by atoms with van der Waals surface area (Å²) >= 11 is 0. The first kappa shape index (κ1) is 16.5. The molecule has 1 amide bonds. The quantitative estimate of drug-likeness (QED) is 0.360. The molecular formula is C12H24N6O2. The molecule has 1 aromatic rings. The SMILES string of the molecule is COCCN(CCn1cc(C(=O)NN)nn1)CC(C)C. The first-order chi connectivity index (χ1) is 9.56. The van der Waals surface area contributed by atoms with E-state index in [0.717, 1.165) is 19.6 Å². The van der Waals surface area contributed by atoms with Crippen LogP contribution in [0, 0.1) is 5.92 Å². The molecule has 20 heavy (non-hydrogen) atoms. The summed E-state index contributed by atoms with van der Waals surface area (Å²) in [6.45, 7) is 8.42. The molecule has 0 aromatic carbocycles. The Morgan fingerprint density at radius 1 is 1.55 bits per heavy atom. The fourth-order valence-corrected chi connectivity index (χ4v) is 1.86. The van der Waals surface area contributed by atoms with Gasteiger partial charge in [0.1, 0.15) is 0 Å². The average Bonchev–Trinajstić information content (AvgIpc) is 2.89. The number of hydrazine groups is 1. The van der Waals surface area contributed by atoms with Gasteiger partial charge in [0.25, 0.3) is 5.91 Å². The van der Waals surface area contributed by atoms with Crippen molar-refractivity contribution in [3.63, 3.8) is 0 Å². The van der Waals surface area contributed by atoms with E-state index in [1.165, 1.54) is 0 Å². The lowest BCUT2D eigenvalue weighted by Crippen LogP contribution is -2.34. The maximum Gasteiger partial charge on any atom is 0.287 e. The second-order valence-corrected chi connectivity index (χ2v) is 5.03.